The summed E-state index contributed by atoms with van der Waals surface area (Å²) >= 11 is 11.5. The summed E-state index contributed by atoms with van der Waals surface area (Å²) in [5.74, 6) is -1.33. The average Bonchev–Trinajstić information content (AvgIpc) is 2.27. The van der Waals surface area contributed by atoms with Gasteiger partial charge in [0.2, 0.25) is 0 Å². The SMILES string of the molecule is C=C(C)C(=O)OC(=O)COc1ccc(Cl)cc1Cl.[H-].[H-].[Mg+2]. The second-order valence-corrected chi connectivity index (χ2v) is 4.25. The Hall–Kier alpha value is -0.754. The molecule has 0 fully saturated rings. The number of hydrogen-bond donors (Lipinski definition) is 0. The van der Waals surface area contributed by atoms with Gasteiger partial charge in [-0.1, -0.05) is 29.8 Å². The predicted molar refractivity (Wildman–Crippen MR) is 75.8 cm³/mol. The molecule has 0 atom stereocenters. The molecule has 0 aromatic heterocycles. The van der Waals surface area contributed by atoms with Gasteiger partial charge in [0.15, 0.2) is 6.61 Å². The van der Waals surface area contributed by atoms with Gasteiger partial charge in [0.05, 0.1) is 5.02 Å². The van der Waals surface area contributed by atoms with E-state index in [1.54, 1.807) is 6.07 Å². The van der Waals surface area contributed by atoms with Crippen molar-refractivity contribution in [3.8, 4) is 5.75 Å². The first-order chi connectivity index (χ1) is 8.40. The van der Waals surface area contributed by atoms with E-state index in [0.717, 1.165) is 0 Å². The normalized spacial score (nSPS) is 9.21. The smallest absolute Gasteiger partial charge is 1.00 e. The zero-order chi connectivity index (χ0) is 13.7. The number of esters is 2. The predicted octanol–water partition coefficient (Wildman–Crippen LogP) is 2.86. The van der Waals surface area contributed by atoms with Gasteiger partial charge in [0.25, 0.3) is 0 Å². The van der Waals surface area contributed by atoms with Crippen LogP contribution in [0.15, 0.2) is 30.4 Å². The van der Waals surface area contributed by atoms with Gasteiger partial charge in [-0.25, -0.2) is 9.59 Å². The van der Waals surface area contributed by atoms with Crippen LogP contribution < -0.4 is 4.74 Å². The van der Waals surface area contributed by atoms with Gasteiger partial charge in [-0.05, 0) is 25.1 Å². The van der Waals surface area contributed by atoms with E-state index < -0.39 is 18.5 Å². The van der Waals surface area contributed by atoms with Gasteiger partial charge >= 0.3 is 35.0 Å². The fourth-order valence-electron chi connectivity index (χ4n) is 0.949. The molecule has 0 bridgehead atoms. The summed E-state index contributed by atoms with van der Waals surface area (Å²) in [6, 6.07) is 4.55. The third-order valence-corrected chi connectivity index (χ3v) is 2.32. The molecule has 0 aliphatic heterocycles. The van der Waals surface area contributed by atoms with Crippen LogP contribution in [0.25, 0.3) is 0 Å². The van der Waals surface area contributed by atoms with Crippen molar-refractivity contribution < 1.29 is 21.9 Å². The van der Waals surface area contributed by atoms with E-state index in [9.17, 15) is 9.59 Å². The first-order valence-electron chi connectivity index (χ1n) is 4.88. The van der Waals surface area contributed by atoms with Crippen LogP contribution in [-0.2, 0) is 14.3 Å². The van der Waals surface area contributed by atoms with Crippen LogP contribution in [0.5, 0.6) is 5.75 Å². The molecule has 0 radical (unpaired) electrons. The molecule has 1 aromatic carbocycles. The van der Waals surface area contributed by atoms with Crippen LogP contribution in [0.1, 0.15) is 9.78 Å². The van der Waals surface area contributed by atoms with Gasteiger partial charge in [-0.2, -0.15) is 0 Å². The first-order valence-corrected chi connectivity index (χ1v) is 5.64. The van der Waals surface area contributed by atoms with Gasteiger partial charge in [0, 0.05) is 10.6 Å². The van der Waals surface area contributed by atoms with Crippen molar-refractivity contribution in [3.05, 3.63) is 40.4 Å². The number of benzene rings is 1. The van der Waals surface area contributed by atoms with Gasteiger partial charge in [0.1, 0.15) is 5.75 Å². The van der Waals surface area contributed by atoms with E-state index in [0.29, 0.717) is 5.02 Å². The van der Waals surface area contributed by atoms with Crippen LogP contribution in [0, 0.1) is 0 Å². The minimum atomic E-state index is -0.825. The molecule has 0 saturated heterocycles. The molecule has 0 heterocycles. The van der Waals surface area contributed by atoms with Crippen LogP contribution in [0.2, 0.25) is 10.0 Å². The second-order valence-electron chi connectivity index (χ2n) is 3.41. The number of carbonyl (C=O) groups excluding carboxylic acids is 2. The third kappa shape index (κ3) is 6.29. The van der Waals surface area contributed by atoms with Crippen LogP contribution in [0.3, 0.4) is 0 Å². The standard InChI is InChI=1S/C12H10Cl2O4.Mg.2H/c1-7(2)12(16)18-11(15)6-17-10-4-3-8(13)5-9(10)14;;;/h3-5H,1,6H2,2H3;;;/q;+2;2*-1. The maximum absolute atomic E-state index is 11.2. The van der Waals surface area contributed by atoms with E-state index >= 15 is 0 Å². The molecule has 0 N–H and O–H groups in total. The summed E-state index contributed by atoms with van der Waals surface area (Å²) < 4.78 is 9.51. The van der Waals surface area contributed by atoms with Crippen LogP contribution in [-0.4, -0.2) is 41.6 Å². The fraction of sp³-hybridized carbons (Fsp3) is 0.167. The van der Waals surface area contributed by atoms with E-state index in [1.807, 2.05) is 0 Å². The molecule has 4 nitrogen and oxygen atoms in total. The van der Waals surface area contributed by atoms with Gasteiger partial charge in [-0.15, -0.1) is 0 Å². The Morgan fingerprint density at radius 3 is 2.53 bits per heavy atom. The molecule has 0 aliphatic rings. The van der Waals surface area contributed by atoms with Crippen molar-refractivity contribution in [2.75, 3.05) is 6.61 Å². The van der Waals surface area contributed by atoms with Gasteiger partial charge in [-0.3, -0.25) is 0 Å². The molecule has 100 valence electrons. The Kier molecular flexibility index (Phi) is 8.09. The van der Waals surface area contributed by atoms with Crippen LogP contribution in [0.4, 0.5) is 0 Å². The summed E-state index contributed by atoms with van der Waals surface area (Å²) in [6.07, 6.45) is 0. The summed E-state index contributed by atoms with van der Waals surface area (Å²) in [6.45, 7) is 4.35. The molecule has 0 spiro atoms. The molecule has 7 heteroatoms. The Morgan fingerprint density at radius 2 is 2.00 bits per heavy atom. The van der Waals surface area contributed by atoms with Crippen molar-refractivity contribution in [1.82, 2.24) is 0 Å². The topological polar surface area (TPSA) is 52.6 Å². The zero-order valence-electron chi connectivity index (χ0n) is 12.2. The third-order valence-electron chi connectivity index (χ3n) is 1.79. The molecule has 0 aliphatic carbocycles. The first kappa shape index (κ1) is 18.2. The molecular weight excluding hydrogens is 303 g/mol. The van der Waals surface area contributed by atoms with E-state index in [4.69, 9.17) is 27.9 Å². The van der Waals surface area contributed by atoms with E-state index in [2.05, 4.69) is 11.3 Å². The minimum Gasteiger partial charge on any atom is -1.00 e. The molecule has 0 amide bonds. The number of ether oxygens (including phenoxy) is 2. The largest absolute Gasteiger partial charge is 2.00 e. The van der Waals surface area contributed by atoms with Crippen molar-refractivity contribution in [2.24, 2.45) is 0 Å². The number of carbonyl (C=O) groups is 2. The molecule has 0 unspecified atom stereocenters. The Labute approximate surface area is 139 Å². The molecule has 1 rings (SSSR count). The summed E-state index contributed by atoms with van der Waals surface area (Å²) in [7, 11) is 0. The molecule has 0 saturated carbocycles. The maximum atomic E-state index is 11.2. The van der Waals surface area contributed by atoms with Crippen molar-refractivity contribution in [1.29, 1.82) is 0 Å². The molecular formula is C12H12Cl2MgO4. The van der Waals surface area contributed by atoms with Gasteiger partial charge < -0.3 is 12.3 Å². The monoisotopic (exact) mass is 314 g/mol. The Balaban J connectivity index is -0.00000108. The summed E-state index contributed by atoms with van der Waals surface area (Å²) in [4.78, 5) is 22.3. The van der Waals surface area contributed by atoms with E-state index in [1.165, 1.54) is 19.1 Å². The molecule has 1 aromatic rings. The van der Waals surface area contributed by atoms with E-state index in [-0.39, 0.29) is 42.3 Å². The van der Waals surface area contributed by atoms with Crippen molar-refractivity contribution >= 4 is 58.2 Å². The Bertz CT molecular complexity index is 512. The number of halogens is 2. The van der Waals surface area contributed by atoms with Crippen LogP contribution >= 0.6 is 23.2 Å². The molecule has 19 heavy (non-hydrogen) atoms. The average molecular weight is 315 g/mol. The number of hydrogen-bond acceptors (Lipinski definition) is 4. The Morgan fingerprint density at radius 1 is 1.37 bits per heavy atom. The summed E-state index contributed by atoms with van der Waals surface area (Å²) in [5.41, 5.74) is 0.132. The summed E-state index contributed by atoms with van der Waals surface area (Å²) in [5, 5.41) is 0.717. The maximum Gasteiger partial charge on any atom is 2.00 e. The quantitative estimate of drug-likeness (QED) is 0.371. The second kappa shape index (κ2) is 8.42. The zero-order valence-corrected chi connectivity index (χ0v) is 13.2. The van der Waals surface area contributed by atoms with Crippen molar-refractivity contribution in [3.63, 3.8) is 0 Å². The van der Waals surface area contributed by atoms with Crippen molar-refractivity contribution in [2.45, 2.75) is 6.92 Å². The number of rotatable bonds is 4. The minimum absolute atomic E-state index is 0. The fourth-order valence-corrected chi connectivity index (χ4v) is 1.41.